The predicted octanol–water partition coefficient (Wildman–Crippen LogP) is 3.25. The number of carboxylic acids is 1. The van der Waals surface area contributed by atoms with Gasteiger partial charge in [0.25, 0.3) is 0 Å². The van der Waals surface area contributed by atoms with Crippen molar-refractivity contribution < 1.29 is 14.7 Å². The fourth-order valence-electron chi connectivity index (χ4n) is 3.69. The molecule has 1 aromatic rings. The number of nitrogens with zero attached hydrogens (tertiary/aromatic N) is 2. The maximum absolute atomic E-state index is 12.9. The SMILES string of the molecule is CCC(CC)CC(=O)[C@H]1[C@H](C#N)C[C@H](C(=O)O)N1Cc1ccccc1. The van der Waals surface area contributed by atoms with Crippen LogP contribution in [-0.2, 0) is 16.1 Å². The first kappa shape index (κ1) is 19.1. The third kappa shape index (κ3) is 4.46. The summed E-state index contributed by atoms with van der Waals surface area (Å²) in [6.07, 6.45) is 2.44. The Morgan fingerprint density at radius 3 is 2.44 bits per heavy atom. The normalized spacial score (nSPS) is 23.5. The van der Waals surface area contributed by atoms with Crippen molar-refractivity contribution >= 4 is 11.8 Å². The molecular weight excluding hydrogens is 316 g/mol. The van der Waals surface area contributed by atoms with Crippen molar-refractivity contribution in [2.24, 2.45) is 11.8 Å². The highest BCUT2D eigenvalue weighted by atomic mass is 16.4. The number of hydrogen-bond acceptors (Lipinski definition) is 4. The van der Waals surface area contributed by atoms with Gasteiger partial charge in [0, 0.05) is 13.0 Å². The van der Waals surface area contributed by atoms with Crippen LogP contribution < -0.4 is 0 Å². The minimum atomic E-state index is -0.964. The molecule has 5 nitrogen and oxygen atoms in total. The third-order valence-corrected chi connectivity index (χ3v) is 5.25. The fourth-order valence-corrected chi connectivity index (χ4v) is 3.69. The van der Waals surface area contributed by atoms with E-state index in [-0.39, 0.29) is 18.1 Å². The molecule has 0 amide bonds. The molecule has 3 atom stereocenters. The molecule has 1 aliphatic rings. The van der Waals surface area contributed by atoms with E-state index in [4.69, 9.17) is 0 Å². The summed E-state index contributed by atoms with van der Waals surface area (Å²) >= 11 is 0. The van der Waals surface area contributed by atoms with Crippen molar-refractivity contribution in [2.45, 2.75) is 58.2 Å². The van der Waals surface area contributed by atoms with E-state index in [1.54, 1.807) is 4.90 Å². The number of carbonyl (C=O) groups excluding carboxylic acids is 1. The molecule has 1 saturated heterocycles. The van der Waals surface area contributed by atoms with Crippen LogP contribution in [0.1, 0.15) is 45.1 Å². The summed E-state index contributed by atoms with van der Waals surface area (Å²) in [6.45, 7) is 4.48. The van der Waals surface area contributed by atoms with Gasteiger partial charge in [0.15, 0.2) is 5.78 Å². The summed E-state index contributed by atoms with van der Waals surface area (Å²) in [5, 5.41) is 19.1. The largest absolute Gasteiger partial charge is 0.480 e. The number of hydrogen-bond donors (Lipinski definition) is 1. The Balaban J connectivity index is 2.28. The van der Waals surface area contributed by atoms with E-state index < -0.39 is 24.0 Å². The Hall–Kier alpha value is -2.19. The smallest absolute Gasteiger partial charge is 0.320 e. The van der Waals surface area contributed by atoms with Gasteiger partial charge in [0.1, 0.15) is 6.04 Å². The minimum Gasteiger partial charge on any atom is -0.480 e. The molecule has 5 heteroatoms. The number of benzene rings is 1. The van der Waals surface area contributed by atoms with E-state index in [1.165, 1.54) is 0 Å². The molecule has 25 heavy (non-hydrogen) atoms. The number of carbonyl (C=O) groups is 2. The first-order valence-corrected chi connectivity index (χ1v) is 8.96. The van der Waals surface area contributed by atoms with Crippen LogP contribution in [0.2, 0.25) is 0 Å². The molecule has 1 fully saturated rings. The summed E-state index contributed by atoms with van der Waals surface area (Å²) in [6, 6.07) is 10.3. The number of aliphatic carboxylic acids is 1. The molecule has 0 spiro atoms. The zero-order valence-electron chi connectivity index (χ0n) is 14.9. The van der Waals surface area contributed by atoms with Gasteiger partial charge in [-0.2, -0.15) is 5.26 Å². The average Bonchev–Trinajstić information content (AvgIpc) is 2.99. The molecular formula is C20H26N2O3. The third-order valence-electron chi connectivity index (χ3n) is 5.25. The van der Waals surface area contributed by atoms with Crippen LogP contribution in [0.4, 0.5) is 0 Å². The van der Waals surface area contributed by atoms with E-state index >= 15 is 0 Å². The maximum atomic E-state index is 12.9. The van der Waals surface area contributed by atoms with E-state index in [2.05, 4.69) is 19.9 Å². The van der Waals surface area contributed by atoms with Gasteiger partial charge in [-0.15, -0.1) is 0 Å². The zero-order chi connectivity index (χ0) is 18.4. The van der Waals surface area contributed by atoms with Gasteiger partial charge in [0.2, 0.25) is 0 Å². The summed E-state index contributed by atoms with van der Waals surface area (Å²) in [5.74, 6) is -1.24. The second kappa shape index (κ2) is 8.77. The number of ketones is 1. The lowest BCUT2D eigenvalue weighted by Crippen LogP contribution is -2.45. The zero-order valence-corrected chi connectivity index (χ0v) is 14.9. The van der Waals surface area contributed by atoms with Crippen LogP contribution in [0.3, 0.4) is 0 Å². The van der Waals surface area contributed by atoms with Crippen molar-refractivity contribution in [3.63, 3.8) is 0 Å². The first-order valence-electron chi connectivity index (χ1n) is 8.96. The highest BCUT2D eigenvalue weighted by Gasteiger charge is 2.48. The molecule has 2 rings (SSSR count). The molecule has 0 unspecified atom stereocenters. The average molecular weight is 342 g/mol. The molecule has 1 heterocycles. The molecule has 0 aliphatic carbocycles. The monoisotopic (exact) mass is 342 g/mol. The van der Waals surface area contributed by atoms with Crippen molar-refractivity contribution in [1.82, 2.24) is 4.90 Å². The van der Waals surface area contributed by atoms with E-state index in [1.807, 2.05) is 30.3 Å². The van der Waals surface area contributed by atoms with Crippen LogP contribution in [0.15, 0.2) is 30.3 Å². The van der Waals surface area contributed by atoms with Gasteiger partial charge in [0.05, 0.1) is 18.0 Å². The minimum absolute atomic E-state index is 0.0000638. The maximum Gasteiger partial charge on any atom is 0.320 e. The second-order valence-electron chi connectivity index (χ2n) is 6.78. The number of likely N-dealkylation sites (tertiary alicyclic amines) is 1. The van der Waals surface area contributed by atoms with Crippen LogP contribution in [0, 0.1) is 23.2 Å². The summed E-state index contributed by atoms with van der Waals surface area (Å²) in [4.78, 5) is 26.3. The molecule has 1 N–H and O–H groups in total. The fraction of sp³-hybridized carbons (Fsp3) is 0.550. The summed E-state index contributed by atoms with van der Waals surface area (Å²) in [5.41, 5.74) is 0.952. The number of carboxylic acid groups (broad SMARTS) is 1. The van der Waals surface area contributed by atoms with E-state index in [0.29, 0.717) is 13.0 Å². The van der Waals surface area contributed by atoms with Crippen molar-refractivity contribution in [3.8, 4) is 6.07 Å². The second-order valence-corrected chi connectivity index (χ2v) is 6.78. The number of Topliss-reactive ketones (excluding diaryl/α,β-unsaturated/α-hetero) is 1. The van der Waals surface area contributed by atoms with E-state index in [0.717, 1.165) is 18.4 Å². The van der Waals surface area contributed by atoms with Gasteiger partial charge in [-0.05, 0) is 17.9 Å². The predicted molar refractivity (Wildman–Crippen MR) is 94.6 cm³/mol. The van der Waals surface area contributed by atoms with Crippen molar-refractivity contribution in [3.05, 3.63) is 35.9 Å². The standard InChI is InChI=1S/C20H26N2O3/c1-3-14(4-2)10-18(23)19-16(12-21)11-17(20(24)25)22(19)13-15-8-6-5-7-9-15/h5-9,14,16-17,19H,3-4,10-11,13H2,1-2H3,(H,24,25)/t16-,17+,19+/m0/s1. The quantitative estimate of drug-likeness (QED) is 0.784. The highest BCUT2D eigenvalue weighted by molar-refractivity contribution is 5.87. The summed E-state index contributed by atoms with van der Waals surface area (Å²) in [7, 11) is 0. The van der Waals surface area contributed by atoms with Crippen molar-refractivity contribution in [2.75, 3.05) is 0 Å². The van der Waals surface area contributed by atoms with Gasteiger partial charge in [-0.3, -0.25) is 14.5 Å². The van der Waals surface area contributed by atoms with Crippen molar-refractivity contribution in [1.29, 1.82) is 5.26 Å². The van der Waals surface area contributed by atoms with Crippen LogP contribution in [0.5, 0.6) is 0 Å². The lowest BCUT2D eigenvalue weighted by atomic mass is 9.89. The molecule has 0 saturated carbocycles. The van der Waals surface area contributed by atoms with Crippen LogP contribution in [0.25, 0.3) is 0 Å². The Kier molecular flexibility index (Phi) is 6.72. The van der Waals surface area contributed by atoms with E-state index in [9.17, 15) is 20.0 Å². The Morgan fingerprint density at radius 2 is 1.92 bits per heavy atom. The first-order chi connectivity index (χ1) is 12.0. The summed E-state index contributed by atoms with van der Waals surface area (Å²) < 4.78 is 0. The lowest BCUT2D eigenvalue weighted by Gasteiger charge is -2.28. The Labute approximate surface area is 149 Å². The van der Waals surface area contributed by atoms with Gasteiger partial charge in [-0.1, -0.05) is 57.0 Å². The van der Waals surface area contributed by atoms with Crippen LogP contribution in [-0.4, -0.2) is 33.8 Å². The topological polar surface area (TPSA) is 81.4 Å². The molecule has 1 aliphatic heterocycles. The highest BCUT2D eigenvalue weighted by Crippen LogP contribution is 2.33. The number of nitriles is 1. The van der Waals surface area contributed by atoms with Gasteiger partial charge in [-0.25, -0.2) is 0 Å². The Bertz CT molecular complexity index is 634. The molecule has 0 bridgehead atoms. The molecule has 0 radical (unpaired) electrons. The Morgan fingerprint density at radius 1 is 1.28 bits per heavy atom. The molecule has 0 aromatic heterocycles. The van der Waals surface area contributed by atoms with Gasteiger partial charge >= 0.3 is 5.97 Å². The van der Waals surface area contributed by atoms with Crippen LogP contribution >= 0.6 is 0 Å². The lowest BCUT2D eigenvalue weighted by molar-refractivity contribution is -0.143. The number of rotatable bonds is 8. The van der Waals surface area contributed by atoms with Gasteiger partial charge < -0.3 is 5.11 Å². The molecule has 1 aromatic carbocycles. The molecule has 134 valence electrons.